The van der Waals surface area contributed by atoms with Crippen LogP contribution in [-0.4, -0.2) is 33.6 Å². The molecule has 1 fully saturated rings. The Bertz CT molecular complexity index is 299. The van der Waals surface area contributed by atoms with E-state index < -0.39 is 0 Å². The van der Waals surface area contributed by atoms with Gasteiger partial charge in [0, 0.05) is 31.9 Å². The predicted octanol–water partition coefficient (Wildman–Crippen LogP) is 0.607. The van der Waals surface area contributed by atoms with Gasteiger partial charge in [0.1, 0.15) is 0 Å². The first-order valence-electron chi connectivity index (χ1n) is 5.17. The van der Waals surface area contributed by atoms with Crippen molar-refractivity contribution in [1.82, 2.24) is 14.5 Å². The van der Waals surface area contributed by atoms with Gasteiger partial charge in [-0.3, -0.25) is 4.90 Å². The topological polar surface area (TPSA) is 47.1 Å². The highest BCUT2D eigenvalue weighted by molar-refractivity contribution is 5.00. The van der Waals surface area contributed by atoms with Gasteiger partial charge >= 0.3 is 0 Å². The quantitative estimate of drug-likeness (QED) is 0.766. The first kappa shape index (κ1) is 9.68. The van der Waals surface area contributed by atoms with Crippen molar-refractivity contribution in [3.8, 4) is 0 Å². The van der Waals surface area contributed by atoms with Crippen LogP contribution in [0.5, 0.6) is 0 Å². The average molecular weight is 194 g/mol. The Hall–Kier alpha value is -0.870. The third-order valence-electron chi connectivity index (χ3n) is 2.91. The van der Waals surface area contributed by atoms with Crippen LogP contribution in [0, 0.1) is 0 Å². The zero-order valence-electron chi connectivity index (χ0n) is 8.85. The summed E-state index contributed by atoms with van der Waals surface area (Å²) in [5.41, 5.74) is 6.49. The maximum atomic E-state index is 5.51. The van der Waals surface area contributed by atoms with Crippen LogP contribution < -0.4 is 5.73 Å². The highest BCUT2D eigenvalue weighted by Crippen LogP contribution is 2.23. The molecule has 1 aromatic rings. The van der Waals surface area contributed by atoms with Crippen LogP contribution in [0.2, 0.25) is 0 Å². The number of aromatic nitrogens is 2. The summed E-state index contributed by atoms with van der Waals surface area (Å²) in [4.78, 5) is 6.68. The summed E-state index contributed by atoms with van der Waals surface area (Å²) in [7, 11) is 0. The van der Waals surface area contributed by atoms with E-state index in [1.165, 1.54) is 0 Å². The van der Waals surface area contributed by atoms with E-state index in [9.17, 15) is 0 Å². The second-order valence-electron chi connectivity index (χ2n) is 4.22. The molecule has 0 saturated carbocycles. The number of likely N-dealkylation sites (tertiary alicyclic amines) is 1. The van der Waals surface area contributed by atoms with Crippen molar-refractivity contribution in [3.05, 3.63) is 18.2 Å². The number of rotatable bonds is 3. The van der Waals surface area contributed by atoms with Crippen molar-refractivity contribution >= 4 is 0 Å². The molecule has 0 radical (unpaired) electrons. The van der Waals surface area contributed by atoms with Crippen molar-refractivity contribution < 1.29 is 0 Å². The van der Waals surface area contributed by atoms with Crippen molar-refractivity contribution in [2.24, 2.45) is 5.73 Å². The SMILES string of the molecule is CC(C)N1CC(n2cnc(CN)c2)C1. The summed E-state index contributed by atoms with van der Waals surface area (Å²) in [5, 5.41) is 0. The van der Waals surface area contributed by atoms with Crippen molar-refractivity contribution in [1.29, 1.82) is 0 Å². The molecule has 0 aliphatic carbocycles. The van der Waals surface area contributed by atoms with Gasteiger partial charge in [0.05, 0.1) is 18.1 Å². The molecule has 78 valence electrons. The largest absolute Gasteiger partial charge is 0.332 e. The third-order valence-corrected chi connectivity index (χ3v) is 2.91. The monoisotopic (exact) mass is 194 g/mol. The molecular weight excluding hydrogens is 176 g/mol. The molecule has 2 N–H and O–H groups in total. The summed E-state index contributed by atoms with van der Waals surface area (Å²) in [6, 6.07) is 1.26. The summed E-state index contributed by atoms with van der Waals surface area (Å²) in [5.74, 6) is 0. The first-order valence-corrected chi connectivity index (χ1v) is 5.17. The summed E-state index contributed by atoms with van der Waals surface area (Å²) in [6.07, 6.45) is 3.95. The van der Waals surface area contributed by atoms with Gasteiger partial charge in [-0.25, -0.2) is 4.98 Å². The number of hydrogen-bond donors (Lipinski definition) is 1. The lowest BCUT2D eigenvalue weighted by molar-refractivity contribution is 0.0742. The Kier molecular flexibility index (Phi) is 2.56. The second-order valence-corrected chi connectivity index (χ2v) is 4.22. The molecule has 0 amide bonds. The number of nitrogens with zero attached hydrogens (tertiary/aromatic N) is 3. The Balaban J connectivity index is 1.93. The summed E-state index contributed by atoms with van der Waals surface area (Å²) in [6.45, 7) is 7.27. The fourth-order valence-electron chi connectivity index (χ4n) is 1.78. The molecule has 4 nitrogen and oxygen atoms in total. The Labute approximate surface area is 84.7 Å². The van der Waals surface area contributed by atoms with Crippen LogP contribution >= 0.6 is 0 Å². The summed E-state index contributed by atoms with van der Waals surface area (Å²) < 4.78 is 2.18. The lowest BCUT2D eigenvalue weighted by Crippen LogP contribution is -2.50. The molecule has 0 bridgehead atoms. The van der Waals surface area contributed by atoms with E-state index in [-0.39, 0.29) is 0 Å². The molecule has 0 atom stereocenters. The van der Waals surface area contributed by atoms with E-state index in [1.807, 2.05) is 6.33 Å². The Morgan fingerprint density at radius 1 is 1.57 bits per heavy atom. The standard InChI is InChI=1S/C10H18N4/c1-8(2)13-5-10(6-13)14-4-9(3-11)12-7-14/h4,7-8,10H,3,5-6,11H2,1-2H3. The Morgan fingerprint density at radius 3 is 2.79 bits per heavy atom. The van der Waals surface area contributed by atoms with Crippen LogP contribution in [0.4, 0.5) is 0 Å². The molecule has 0 aromatic carbocycles. The molecule has 0 spiro atoms. The fraction of sp³-hybridized carbons (Fsp3) is 0.700. The Morgan fingerprint density at radius 2 is 2.29 bits per heavy atom. The predicted molar refractivity (Wildman–Crippen MR) is 55.9 cm³/mol. The minimum Gasteiger partial charge on any atom is -0.332 e. The normalized spacial score (nSPS) is 18.9. The zero-order chi connectivity index (χ0) is 10.1. The highest BCUT2D eigenvalue weighted by Gasteiger charge is 2.29. The first-order chi connectivity index (χ1) is 6.70. The van der Waals surface area contributed by atoms with E-state index in [2.05, 4.69) is 34.5 Å². The van der Waals surface area contributed by atoms with Crippen LogP contribution in [0.3, 0.4) is 0 Å². The molecule has 1 aliphatic rings. The van der Waals surface area contributed by atoms with Gasteiger partial charge in [0.25, 0.3) is 0 Å². The van der Waals surface area contributed by atoms with Gasteiger partial charge in [-0.15, -0.1) is 0 Å². The minimum absolute atomic E-state index is 0.535. The van der Waals surface area contributed by atoms with Gasteiger partial charge in [-0.05, 0) is 13.8 Å². The molecule has 2 rings (SSSR count). The lowest BCUT2D eigenvalue weighted by Gasteiger charge is -2.42. The smallest absolute Gasteiger partial charge is 0.0953 e. The van der Waals surface area contributed by atoms with Gasteiger partial charge in [0.15, 0.2) is 0 Å². The minimum atomic E-state index is 0.535. The fourth-order valence-corrected chi connectivity index (χ4v) is 1.78. The van der Waals surface area contributed by atoms with E-state index in [1.54, 1.807) is 0 Å². The van der Waals surface area contributed by atoms with Crippen molar-refractivity contribution in [3.63, 3.8) is 0 Å². The maximum Gasteiger partial charge on any atom is 0.0953 e. The molecule has 1 saturated heterocycles. The lowest BCUT2D eigenvalue weighted by atomic mass is 10.1. The molecule has 1 aromatic heterocycles. The van der Waals surface area contributed by atoms with Crippen molar-refractivity contribution in [2.75, 3.05) is 13.1 Å². The van der Waals surface area contributed by atoms with Crippen LogP contribution in [-0.2, 0) is 6.54 Å². The second kappa shape index (κ2) is 3.71. The van der Waals surface area contributed by atoms with E-state index in [0.717, 1.165) is 18.8 Å². The molecular formula is C10H18N4. The van der Waals surface area contributed by atoms with E-state index >= 15 is 0 Å². The van der Waals surface area contributed by atoms with Gasteiger partial charge < -0.3 is 10.3 Å². The van der Waals surface area contributed by atoms with E-state index in [4.69, 9.17) is 5.73 Å². The van der Waals surface area contributed by atoms with Gasteiger partial charge in [-0.2, -0.15) is 0 Å². The number of nitrogens with two attached hydrogens (primary N) is 1. The third kappa shape index (κ3) is 1.67. The van der Waals surface area contributed by atoms with Crippen molar-refractivity contribution in [2.45, 2.75) is 32.5 Å². The molecule has 14 heavy (non-hydrogen) atoms. The summed E-state index contributed by atoms with van der Waals surface area (Å²) >= 11 is 0. The number of hydrogen-bond acceptors (Lipinski definition) is 3. The molecule has 4 heteroatoms. The maximum absolute atomic E-state index is 5.51. The molecule has 1 aliphatic heterocycles. The van der Waals surface area contributed by atoms with Crippen LogP contribution in [0.1, 0.15) is 25.6 Å². The average Bonchev–Trinajstić information content (AvgIpc) is 2.49. The highest BCUT2D eigenvalue weighted by atomic mass is 15.3. The van der Waals surface area contributed by atoms with Crippen LogP contribution in [0.25, 0.3) is 0 Å². The number of imidazole rings is 1. The van der Waals surface area contributed by atoms with Gasteiger partial charge in [-0.1, -0.05) is 0 Å². The van der Waals surface area contributed by atoms with E-state index in [0.29, 0.717) is 18.6 Å². The van der Waals surface area contributed by atoms with Crippen LogP contribution in [0.15, 0.2) is 12.5 Å². The van der Waals surface area contributed by atoms with Gasteiger partial charge in [0.2, 0.25) is 0 Å². The zero-order valence-corrected chi connectivity index (χ0v) is 8.85. The molecule has 2 heterocycles. The molecule has 0 unspecified atom stereocenters.